The van der Waals surface area contributed by atoms with Crippen molar-refractivity contribution in [2.45, 2.75) is 19.9 Å². The van der Waals surface area contributed by atoms with Gasteiger partial charge in [-0.05, 0) is 18.7 Å². The molecular formula is C12H16ClN3O3S. The molecule has 6 nitrogen and oxygen atoms in total. The lowest BCUT2D eigenvalue weighted by Gasteiger charge is -2.13. The zero-order chi connectivity index (χ0) is 15.3. The number of benzene rings is 1. The lowest BCUT2D eigenvalue weighted by Crippen LogP contribution is -2.34. The summed E-state index contributed by atoms with van der Waals surface area (Å²) in [6, 6.07) is 2.43. The molecule has 1 aromatic carbocycles. The highest BCUT2D eigenvalue weighted by Crippen LogP contribution is 2.30. The predicted molar refractivity (Wildman–Crippen MR) is 82.4 cm³/mol. The smallest absolute Gasteiger partial charge is 0.294 e. The monoisotopic (exact) mass is 317 g/mol. The zero-order valence-corrected chi connectivity index (χ0v) is 12.8. The van der Waals surface area contributed by atoms with E-state index in [0.29, 0.717) is 0 Å². The summed E-state index contributed by atoms with van der Waals surface area (Å²) in [5.41, 5.74) is 5.14. The van der Waals surface area contributed by atoms with Gasteiger partial charge in [0.05, 0.1) is 9.95 Å². The first-order valence-corrected chi connectivity index (χ1v) is 7.52. The Hall–Kier alpha value is -1.47. The summed E-state index contributed by atoms with van der Waals surface area (Å²) in [5.74, 6) is 1.33. The Bertz CT molecular complexity index is 525. The molecule has 3 N–H and O–H groups in total. The van der Waals surface area contributed by atoms with Gasteiger partial charge in [-0.15, -0.1) is 0 Å². The first-order chi connectivity index (χ1) is 9.36. The van der Waals surface area contributed by atoms with E-state index < -0.39 is 10.8 Å². The number of nitrogens with one attached hydrogen (secondary N) is 1. The lowest BCUT2D eigenvalue weighted by molar-refractivity contribution is -0.383. The molecule has 0 fully saturated rings. The van der Waals surface area contributed by atoms with Crippen molar-refractivity contribution in [3.05, 3.63) is 32.8 Å². The molecule has 0 radical (unpaired) electrons. The molecule has 1 atom stereocenters. The van der Waals surface area contributed by atoms with Crippen molar-refractivity contribution in [1.29, 1.82) is 0 Å². The van der Waals surface area contributed by atoms with E-state index in [4.69, 9.17) is 17.3 Å². The summed E-state index contributed by atoms with van der Waals surface area (Å²) in [5, 5.41) is 13.6. The molecule has 0 aromatic heterocycles. The fourth-order valence-corrected chi connectivity index (χ4v) is 2.42. The molecule has 1 amide bonds. The van der Waals surface area contributed by atoms with Gasteiger partial charge in [-0.2, -0.15) is 11.8 Å². The quantitative estimate of drug-likeness (QED) is 0.477. The zero-order valence-electron chi connectivity index (χ0n) is 11.2. The third-order valence-corrected chi connectivity index (χ3v) is 3.97. The maximum atomic E-state index is 12.0. The van der Waals surface area contributed by atoms with Crippen LogP contribution in [0.25, 0.3) is 0 Å². The number of rotatable bonds is 6. The number of hydrogen-bond acceptors (Lipinski definition) is 5. The Labute approximate surface area is 126 Å². The number of amides is 1. The highest BCUT2D eigenvalue weighted by molar-refractivity contribution is 7.99. The summed E-state index contributed by atoms with van der Waals surface area (Å²) < 4.78 is 0. The van der Waals surface area contributed by atoms with Crippen molar-refractivity contribution in [3.8, 4) is 0 Å². The number of nitro groups is 1. The Balaban J connectivity index is 2.91. The number of thioether (sulfide) groups is 1. The maximum Gasteiger partial charge on any atom is 0.294 e. The van der Waals surface area contributed by atoms with Crippen LogP contribution in [-0.2, 0) is 0 Å². The minimum atomic E-state index is -0.658. The molecule has 0 aliphatic rings. The van der Waals surface area contributed by atoms with Crippen LogP contribution >= 0.6 is 23.4 Å². The molecule has 8 heteroatoms. The first kappa shape index (κ1) is 16.6. The van der Waals surface area contributed by atoms with Gasteiger partial charge in [0.2, 0.25) is 0 Å². The first-order valence-electron chi connectivity index (χ1n) is 5.98. The Morgan fingerprint density at radius 2 is 2.25 bits per heavy atom. The minimum absolute atomic E-state index is 0.0000590. The molecule has 20 heavy (non-hydrogen) atoms. The number of carbonyl (C=O) groups excluding carboxylic acids is 1. The van der Waals surface area contributed by atoms with Crippen LogP contribution in [0.2, 0.25) is 5.02 Å². The van der Waals surface area contributed by atoms with Crippen LogP contribution in [0.4, 0.5) is 11.4 Å². The van der Waals surface area contributed by atoms with E-state index in [2.05, 4.69) is 5.32 Å². The van der Waals surface area contributed by atoms with Gasteiger partial charge in [0.25, 0.3) is 11.6 Å². The topological polar surface area (TPSA) is 98.3 Å². The lowest BCUT2D eigenvalue weighted by atomic mass is 10.1. The number of nitrogens with zero attached hydrogens (tertiary/aromatic N) is 1. The van der Waals surface area contributed by atoms with E-state index >= 15 is 0 Å². The summed E-state index contributed by atoms with van der Waals surface area (Å²) in [4.78, 5) is 22.2. The third kappa shape index (κ3) is 4.28. The molecule has 0 heterocycles. The van der Waals surface area contributed by atoms with Crippen LogP contribution in [0.1, 0.15) is 24.2 Å². The van der Waals surface area contributed by atoms with Gasteiger partial charge in [0.1, 0.15) is 5.69 Å². The number of hydrogen-bond donors (Lipinski definition) is 2. The molecule has 0 aliphatic heterocycles. The number of nitro benzene ring substituents is 1. The van der Waals surface area contributed by atoms with Crippen molar-refractivity contribution in [2.75, 3.05) is 17.2 Å². The van der Waals surface area contributed by atoms with Gasteiger partial charge in [0.15, 0.2) is 0 Å². The number of halogens is 1. The second-order valence-electron chi connectivity index (χ2n) is 4.18. The molecule has 0 saturated carbocycles. The van der Waals surface area contributed by atoms with Crippen LogP contribution < -0.4 is 11.1 Å². The normalized spacial score (nSPS) is 11.9. The summed E-state index contributed by atoms with van der Waals surface area (Å²) >= 11 is 7.51. The van der Waals surface area contributed by atoms with Gasteiger partial charge in [0, 0.05) is 23.4 Å². The average molecular weight is 318 g/mol. The molecule has 0 saturated heterocycles. The molecule has 0 aliphatic carbocycles. The van der Waals surface area contributed by atoms with E-state index in [9.17, 15) is 14.9 Å². The second-order valence-corrected chi connectivity index (χ2v) is 5.91. The Morgan fingerprint density at radius 3 is 2.80 bits per heavy atom. The molecule has 110 valence electrons. The van der Waals surface area contributed by atoms with Crippen LogP contribution in [0.15, 0.2) is 12.1 Å². The van der Waals surface area contributed by atoms with E-state index in [1.807, 2.05) is 13.8 Å². The van der Waals surface area contributed by atoms with Gasteiger partial charge < -0.3 is 11.1 Å². The van der Waals surface area contributed by atoms with Gasteiger partial charge in [-0.25, -0.2) is 0 Å². The van der Waals surface area contributed by atoms with Crippen molar-refractivity contribution in [1.82, 2.24) is 5.32 Å². The molecule has 1 rings (SSSR count). The van der Waals surface area contributed by atoms with Gasteiger partial charge in [-0.3, -0.25) is 14.9 Å². The van der Waals surface area contributed by atoms with E-state index in [-0.39, 0.29) is 28.0 Å². The van der Waals surface area contributed by atoms with Gasteiger partial charge >= 0.3 is 0 Å². The third-order valence-electron chi connectivity index (χ3n) is 2.52. The van der Waals surface area contributed by atoms with Crippen LogP contribution in [0, 0.1) is 10.1 Å². The van der Waals surface area contributed by atoms with Crippen molar-refractivity contribution in [3.63, 3.8) is 0 Å². The fraction of sp³-hybridized carbons (Fsp3) is 0.417. The molecule has 1 aromatic rings. The summed E-state index contributed by atoms with van der Waals surface area (Å²) in [6.45, 7) is 3.90. The van der Waals surface area contributed by atoms with E-state index in [1.54, 1.807) is 11.8 Å². The predicted octanol–water partition coefficient (Wildman–Crippen LogP) is 2.70. The average Bonchev–Trinajstić information content (AvgIpc) is 2.38. The molecule has 0 spiro atoms. The largest absolute Gasteiger partial charge is 0.392 e. The van der Waals surface area contributed by atoms with Crippen molar-refractivity contribution >= 4 is 40.6 Å². The second kappa shape index (κ2) is 7.35. The van der Waals surface area contributed by atoms with Crippen molar-refractivity contribution in [2.24, 2.45) is 0 Å². The highest BCUT2D eigenvalue weighted by Gasteiger charge is 2.20. The number of anilines is 1. The van der Waals surface area contributed by atoms with Crippen LogP contribution in [0.3, 0.4) is 0 Å². The van der Waals surface area contributed by atoms with Crippen LogP contribution in [0.5, 0.6) is 0 Å². The number of nitrogens with two attached hydrogens (primary N) is 1. The Morgan fingerprint density at radius 1 is 1.60 bits per heavy atom. The van der Waals surface area contributed by atoms with E-state index in [1.165, 1.54) is 6.07 Å². The molecular weight excluding hydrogens is 302 g/mol. The number of nitrogen functional groups attached to an aromatic ring is 1. The maximum absolute atomic E-state index is 12.0. The summed E-state index contributed by atoms with van der Waals surface area (Å²) in [6.07, 6.45) is 0. The summed E-state index contributed by atoms with van der Waals surface area (Å²) in [7, 11) is 0. The molecule has 0 bridgehead atoms. The highest BCUT2D eigenvalue weighted by atomic mass is 35.5. The number of carbonyl (C=O) groups is 1. The van der Waals surface area contributed by atoms with Crippen molar-refractivity contribution < 1.29 is 9.72 Å². The van der Waals surface area contributed by atoms with Crippen LogP contribution in [-0.4, -0.2) is 28.4 Å². The Kier molecular flexibility index (Phi) is 6.09. The van der Waals surface area contributed by atoms with Gasteiger partial charge in [-0.1, -0.05) is 18.5 Å². The fourth-order valence-electron chi connectivity index (χ4n) is 1.53. The molecule has 1 unspecified atom stereocenters. The minimum Gasteiger partial charge on any atom is -0.392 e. The standard InChI is InChI=1S/C12H16ClN3O3S/c1-3-20-6-7(2)15-12(17)8-4-9(13)11(14)10(5-8)16(18)19/h4-5,7H,3,6,14H2,1-2H3,(H,15,17). The SMILES string of the molecule is CCSCC(C)NC(=O)c1cc(Cl)c(N)c([N+](=O)[O-])c1. The van der Waals surface area contributed by atoms with E-state index in [0.717, 1.165) is 17.6 Å².